The van der Waals surface area contributed by atoms with Gasteiger partial charge >= 0.3 is 0 Å². The van der Waals surface area contributed by atoms with Gasteiger partial charge in [0.25, 0.3) is 5.09 Å². The summed E-state index contributed by atoms with van der Waals surface area (Å²) in [5.41, 5.74) is 1.51. The number of fused-ring (bicyclic) bond motifs is 3. The highest BCUT2D eigenvalue weighted by Crippen LogP contribution is 2.32. The van der Waals surface area contributed by atoms with E-state index >= 15 is 0 Å². The lowest BCUT2D eigenvalue weighted by Gasteiger charge is -2.02. The number of rotatable bonds is 2. The predicted molar refractivity (Wildman–Crippen MR) is 85.9 cm³/mol. The summed E-state index contributed by atoms with van der Waals surface area (Å²) in [5, 5.41) is 6.01. The average molecular weight is 324 g/mol. The quantitative estimate of drug-likeness (QED) is 0.564. The molecule has 0 aliphatic heterocycles. The summed E-state index contributed by atoms with van der Waals surface area (Å²) in [6, 6.07) is 12.0. The Bertz CT molecular complexity index is 1130. The minimum atomic E-state index is -3.75. The zero-order valence-corrected chi connectivity index (χ0v) is 13.0. The maximum atomic E-state index is 12.8. The standard InChI is InChI=1S/C17H12N2O3S/c1-11-2-5-13(6-3-11)23(20,21)17-15-7-4-12-10-18-9-8-14(12)16(15)19-22-17/h2-10H,1H3. The van der Waals surface area contributed by atoms with Crippen LogP contribution in [-0.4, -0.2) is 18.6 Å². The van der Waals surface area contributed by atoms with Crippen LogP contribution < -0.4 is 0 Å². The second kappa shape index (κ2) is 4.89. The van der Waals surface area contributed by atoms with Gasteiger partial charge in [0, 0.05) is 23.2 Å². The number of nitrogens with zero attached hydrogens (tertiary/aromatic N) is 2. The van der Waals surface area contributed by atoms with E-state index in [1.54, 1.807) is 48.8 Å². The zero-order chi connectivity index (χ0) is 16.0. The lowest BCUT2D eigenvalue weighted by Crippen LogP contribution is -2.01. The summed E-state index contributed by atoms with van der Waals surface area (Å²) in [4.78, 5) is 4.25. The van der Waals surface area contributed by atoms with Crippen LogP contribution in [0, 0.1) is 6.92 Å². The van der Waals surface area contributed by atoms with Crippen LogP contribution in [0.2, 0.25) is 0 Å². The largest absolute Gasteiger partial charge is 0.343 e. The van der Waals surface area contributed by atoms with Crippen LogP contribution in [0.5, 0.6) is 0 Å². The van der Waals surface area contributed by atoms with E-state index in [1.807, 2.05) is 13.0 Å². The van der Waals surface area contributed by atoms with E-state index in [4.69, 9.17) is 4.52 Å². The lowest BCUT2D eigenvalue weighted by molar-refractivity contribution is 0.347. The van der Waals surface area contributed by atoms with Gasteiger partial charge in [-0.3, -0.25) is 4.98 Å². The van der Waals surface area contributed by atoms with Crippen LogP contribution in [0.25, 0.3) is 21.7 Å². The molecule has 2 heterocycles. The number of aromatic nitrogens is 2. The van der Waals surface area contributed by atoms with Crippen LogP contribution in [-0.2, 0) is 9.84 Å². The molecule has 0 amide bonds. The van der Waals surface area contributed by atoms with Gasteiger partial charge in [-0.25, -0.2) is 8.42 Å². The number of aryl methyl sites for hydroxylation is 1. The highest BCUT2D eigenvalue weighted by atomic mass is 32.2. The molecule has 2 aromatic carbocycles. The second-order valence-corrected chi connectivity index (χ2v) is 7.19. The van der Waals surface area contributed by atoms with Gasteiger partial charge in [0.15, 0.2) is 0 Å². The van der Waals surface area contributed by atoms with Crippen molar-refractivity contribution in [3.8, 4) is 0 Å². The molecular weight excluding hydrogens is 312 g/mol. The molecule has 4 aromatic rings. The van der Waals surface area contributed by atoms with Crippen LogP contribution in [0.3, 0.4) is 0 Å². The summed E-state index contributed by atoms with van der Waals surface area (Å²) in [5.74, 6) is 0. The maximum absolute atomic E-state index is 12.8. The smallest absolute Gasteiger partial charge is 0.263 e. The zero-order valence-electron chi connectivity index (χ0n) is 12.2. The van der Waals surface area contributed by atoms with Gasteiger partial charge in [-0.1, -0.05) is 28.9 Å². The summed E-state index contributed by atoms with van der Waals surface area (Å²) < 4.78 is 30.8. The minimum absolute atomic E-state index is 0.130. The van der Waals surface area contributed by atoms with Crippen molar-refractivity contribution in [1.82, 2.24) is 10.1 Å². The lowest BCUT2D eigenvalue weighted by atomic mass is 10.1. The fourth-order valence-corrected chi connectivity index (χ4v) is 3.87. The van der Waals surface area contributed by atoms with E-state index < -0.39 is 9.84 Å². The Morgan fingerprint density at radius 1 is 0.957 bits per heavy atom. The number of benzene rings is 2. The Kier molecular flexibility index (Phi) is 2.96. The third-order valence-electron chi connectivity index (χ3n) is 3.81. The van der Waals surface area contributed by atoms with Crippen molar-refractivity contribution < 1.29 is 12.9 Å². The molecule has 0 fully saturated rings. The first-order valence-corrected chi connectivity index (χ1v) is 8.49. The Balaban J connectivity index is 1.99. The second-order valence-electron chi connectivity index (χ2n) is 5.35. The van der Waals surface area contributed by atoms with Gasteiger partial charge < -0.3 is 4.52 Å². The molecule has 5 nitrogen and oxygen atoms in total. The van der Waals surface area contributed by atoms with Gasteiger partial charge in [0.1, 0.15) is 5.52 Å². The maximum Gasteiger partial charge on any atom is 0.263 e. The molecule has 4 rings (SSSR count). The van der Waals surface area contributed by atoms with Gasteiger partial charge in [0.05, 0.1) is 10.3 Å². The van der Waals surface area contributed by atoms with Crippen molar-refractivity contribution in [2.75, 3.05) is 0 Å². The van der Waals surface area contributed by atoms with Crippen LogP contribution in [0.4, 0.5) is 0 Å². The molecule has 6 heteroatoms. The molecule has 23 heavy (non-hydrogen) atoms. The van der Waals surface area contributed by atoms with E-state index in [9.17, 15) is 8.42 Å². The normalized spacial score (nSPS) is 12.0. The van der Waals surface area contributed by atoms with Gasteiger partial charge in [0.2, 0.25) is 9.84 Å². The van der Waals surface area contributed by atoms with Crippen LogP contribution in [0.1, 0.15) is 5.56 Å². The Morgan fingerprint density at radius 3 is 2.52 bits per heavy atom. The number of hydrogen-bond acceptors (Lipinski definition) is 5. The fraction of sp³-hybridized carbons (Fsp3) is 0.0588. The average Bonchev–Trinajstić information content (AvgIpc) is 3.00. The van der Waals surface area contributed by atoms with Crippen molar-refractivity contribution in [2.24, 2.45) is 0 Å². The molecule has 0 saturated heterocycles. The van der Waals surface area contributed by atoms with Crippen molar-refractivity contribution >= 4 is 31.5 Å². The first-order chi connectivity index (χ1) is 11.1. The highest BCUT2D eigenvalue weighted by molar-refractivity contribution is 7.91. The van der Waals surface area contributed by atoms with Crippen LogP contribution in [0.15, 0.2) is 69.4 Å². The molecule has 0 radical (unpaired) electrons. The molecule has 0 bridgehead atoms. The molecule has 0 aliphatic rings. The molecule has 0 spiro atoms. The molecular formula is C17H12N2O3S. The molecule has 0 aliphatic carbocycles. The van der Waals surface area contributed by atoms with E-state index in [0.717, 1.165) is 16.3 Å². The van der Waals surface area contributed by atoms with E-state index in [1.165, 1.54) is 0 Å². The Hall–Kier alpha value is -2.73. The number of pyridine rings is 1. The third kappa shape index (κ3) is 2.10. The molecule has 0 unspecified atom stereocenters. The molecule has 114 valence electrons. The summed E-state index contributed by atoms with van der Waals surface area (Å²) in [6.07, 6.45) is 3.35. The predicted octanol–water partition coefficient (Wildman–Crippen LogP) is 3.52. The van der Waals surface area contributed by atoms with Crippen molar-refractivity contribution in [2.45, 2.75) is 16.9 Å². The molecule has 0 saturated carbocycles. The van der Waals surface area contributed by atoms with Crippen molar-refractivity contribution in [1.29, 1.82) is 0 Å². The first kappa shape index (κ1) is 13.9. The molecule has 2 aromatic heterocycles. The number of hydrogen-bond donors (Lipinski definition) is 0. The highest BCUT2D eigenvalue weighted by Gasteiger charge is 2.26. The summed E-state index contributed by atoms with van der Waals surface area (Å²) in [7, 11) is -3.75. The van der Waals surface area contributed by atoms with E-state index in [0.29, 0.717) is 10.9 Å². The van der Waals surface area contributed by atoms with Gasteiger partial charge in [-0.05, 0) is 31.2 Å². The van der Waals surface area contributed by atoms with Crippen molar-refractivity contribution in [3.05, 3.63) is 60.4 Å². The fourth-order valence-electron chi connectivity index (χ4n) is 2.57. The van der Waals surface area contributed by atoms with Gasteiger partial charge in [-0.15, -0.1) is 0 Å². The Labute approximate surface area is 132 Å². The number of sulfone groups is 1. The monoisotopic (exact) mass is 324 g/mol. The molecule has 0 atom stereocenters. The Morgan fingerprint density at radius 2 is 1.74 bits per heavy atom. The molecule has 0 N–H and O–H groups in total. The third-order valence-corrected chi connectivity index (χ3v) is 5.48. The van der Waals surface area contributed by atoms with Crippen LogP contribution >= 0.6 is 0 Å². The van der Waals surface area contributed by atoms with E-state index in [2.05, 4.69) is 10.1 Å². The van der Waals surface area contributed by atoms with E-state index in [-0.39, 0.29) is 9.99 Å². The summed E-state index contributed by atoms with van der Waals surface area (Å²) in [6.45, 7) is 1.90. The minimum Gasteiger partial charge on any atom is -0.343 e. The first-order valence-electron chi connectivity index (χ1n) is 7.01. The van der Waals surface area contributed by atoms with Gasteiger partial charge in [-0.2, -0.15) is 0 Å². The summed E-state index contributed by atoms with van der Waals surface area (Å²) >= 11 is 0. The van der Waals surface area contributed by atoms with Crippen molar-refractivity contribution in [3.63, 3.8) is 0 Å². The topological polar surface area (TPSA) is 73.1 Å². The SMILES string of the molecule is Cc1ccc(S(=O)(=O)c2onc3c2ccc2cnccc23)cc1.